The highest BCUT2D eigenvalue weighted by atomic mass is 19.4. The van der Waals surface area contributed by atoms with Gasteiger partial charge in [-0.05, 0) is 24.5 Å². The van der Waals surface area contributed by atoms with Gasteiger partial charge >= 0.3 is 12.2 Å². The summed E-state index contributed by atoms with van der Waals surface area (Å²) in [5.41, 5.74) is 0.982. The molecule has 0 aromatic carbocycles. The molecule has 0 unspecified atom stereocenters. The lowest BCUT2D eigenvalue weighted by atomic mass is 9.92. The minimum absolute atomic E-state index is 0.0347. The van der Waals surface area contributed by atoms with Gasteiger partial charge in [0, 0.05) is 51.4 Å². The molecule has 0 bridgehead atoms. The summed E-state index contributed by atoms with van der Waals surface area (Å²) in [4.78, 5) is 34.0. The van der Waals surface area contributed by atoms with Crippen molar-refractivity contribution in [3.8, 4) is 0 Å². The van der Waals surface area contributed by atoms with Crippen molar-refractivity contribution in [3.05, 3.63) is 23.9 Å². The van der Waals surface area contributed by atoms with Crippen molar-refractivity contribution in [2.24, 2.45) is 5.92 Å². The van der Waals surface area contributed by atoms with E-state index in [2.05, 4.69) is 10.3 Å². The Morgan fingerprint density at radius 1 is 1.09 bits per heavy atom. The van der Waals surface area contributed by atoms with Gasteiger partial charge in [0.25, 0.3) is 0 Å². The van der Waals surface area contributed by atoms with E-state index < -0.39 is 12.1 Å². The standard InChI is InChI=1S/C21H26F3N5O3/c22-21(23,24)15-3-5-27(10-15)18-2-1-13(7-25-18)14-8-29(9-14)20(31)28-6-4-17-16(11-28)26-19(30)12-32-17/h1-2,7,14-17H,3-6,8-12H2,(H,26,30)/t15-,16-,17+/m1/s1. The van der Waals surface area contributed by atoms with E-state index in [9.17, 15) is 22.8 Å². The summed E-state index contributed by atoms with van der Waals surface area (Å²) in [5.74, 6) is -0.721. The van der Waals surface area contributed by atoms with Gasteiger partial charge in [0.05, 0.1) is 18.1 Å². The van der Waals surface area contributed by atoms with Crippen molar-refractivity contribution in [3.63, 3.8) is 0 Å². The maximum absolute atomic E-state index is 12.9. The van der Waals surface area contributed by atoms with Crippen LogP contribution in [-0.4, -0.2) is 90.9 Å². The molecule has 8 nitrogen and oxygen atoms in total. The predicted molar refractivity (Wildman–Crippen MR) is 108 cm³/mol. The molecule has 32 heavy (non-hydrogen) atoms. The molecule has 174 valence electrons. The molecular weight excluding hydrogens is 427 g/mol. The van der Waals surface area contributed by atoms with Crippen molar-refractivity contribution >= 4 is 17.8 Å². The number of anilines is 1. The van der Waals surface area contributed by atoms with Gasteiger partial charge in [-0.25, -0.2) is 9.78 Å². The summed E-state index contributed by atoms with van der Waals surface area (Å²) < 4.78 is 44.2. The molecule has 3 atom stereocenters. The largest absolute Gasteiger partial charge is 0.393 e. The SMILES string of the molecule is O=C1CO[C@H]2CCN(C(=O)N3CC(c4ccc(N5CC[C@@H](C(F)(F)F)C5)nc4)C3)C[C@H]2N1. The Balaban J connectivity index is 1.12. The lowest BCUT2D eigenvalue weighted by molar-refractivity contribution is -0.168. The number of rotatable bonds is 2. The third kappa shape index (κ3) is 4.10. The number of fused-ring (bicyclic) bond motifs is 1. The van der Waals surface area contributed by atoms with E-state index in [-0.39, 0.29) is 49.6 Å². The third-order valence-electron chi connectivity index (χ3n) is 6.96. The van der Waals surface area contributed by atoms with E-state index >= 15 is 0 Å². The number of likely N-dealkylation sites (tertiary alicyclic amines) is 2. The number of alkyl halides is 3. The second kappa shape index (κ2) is 8.09. The highest BCUT2D eigenvalue weighted by Gasteiger charge is 2.44. The van der Waals surface area contributed by atoms with Crippen LogP contribution in [0.1, 0.15) is 24.3 Å². The van der Waals surface area contributed by atoms with Crippen LogP contribution in [0.25, 0.3) is 0 Å². The minimum Gasteiger partial charge on any atom is -0.366 e. The predicted octanol–water partition coefficient (Wildman–Crippen LogP) is 1.58. The van der Waals surface area contributed by atoms with E-state index in [4.69, 9.17) is 4.74 Å². The Bertz CT molecular complexity index is 874. The topological polar surface area (TPSA) is 78.0 Å². The molecule has 4 aliphatic heterocycles. The van der Waals surface area contributed by atoms with E-state index in [1.54, 1.807) is 27.0 Å². The van der Waals surface area contributed by atoms with Gasteiger partial charge in [0.15, 0.2) is 0 Å². The first-order chi connectivity index (χ1) is 15.3. The van der Waals surface area contributed by atoms with Crippen molar-refractivity contribution in [1.82, 2.24) is 20.1 Å². The number of carbonyl (C=O) groups excluding carboxylic acids is 2. The van der Waals surface area contributed by atoms with Crippen LogP contribution in [-0.2, 0) is 9.53 Å². The van der Waals surface area contributed by atoms with Gasteiger partial charge in [-0.15, -0.1) is 0 Å². The zero-order valence-corrected chi connectivity index (χ0v) is 17.6. The van der Waals surface area contributed by atoms with Gasteiger partial charge < -0.3 is 24.8 Å². The highest BCUT2D eigenvalue weighted by Crippen LogP contribution is 2.35. The first-order valence-corrected chi connectivity index (χ1v) is 11.0. The number of hydrogen-bond acceptors (Lipinski definition) is 5. The minimum atomic E-state index is -4.17. The van der Waals surface area contributed by atoms with Crippen LogP contribution in [0.4, 0.5) is 23.8 Å². The maximum atomic E-state index is 12.9. The summed E-state index contributed by atoms with van der Waals surface area (Å²) in [6.07, 6.45) is -1.69. The Labute approximate surface area is 183 Å². The molecule has 0 spiro atoms. The smallest absolute Gasteiger partial charge is 0.366 e. The fourth-order valence-electron chi connectivity index (χ4n) is 4.98. The average molecular weight is 453 g/mol. The van der Waals surface area contributed by atoms with E-state index in [1.165, 1.54) is 0 Å². The molecule has 4 aliphatic rings. The van der Waals surface area contributed by atoms with Crippen LogP contribution in [0.2, 0.25) is 0 Å². The number of carbonyl (C=O) groups is 2. The number of morpholine rings is 1. The Kier molecular flexibility index (Phi) is 5.39. The van der Waals surface area contributed by atoms with Crippen LogP contribution in [0.15, 0.2) is 18.3 Å². The molecule has 5 rings (SSSR count). The second-order valence-electron chi connectivity index (χ2n) is 9.07. The fourth-order valence-corrected chi connectivity index (χ4v) is 4.98. The third-order valence-corrected chi connectivity index (χ3v) is 6.96. The first-order valence-electron chi connectivity index (χ1n) is 11.0. The molecule has 4 saturated heterocycles. The summed E-state index contributed by atoms with van der Waals surface area (Å²) in [6, 6.07) is 3.47. The molecule has 0 saturated carbocycles. The molecule has 3 amide bonds. The number of ether oxygens (including phenoxy) is 1. The number of nitrogens with one attached hydrogen (secondary N) is 1. The van der Waals surface area contributed by atoms with Crippen molar-refractivity contribution in [2.45, 2.75) is 37.1 Å². The molecule has 11 heteroatoms. The molecule has 4 fully saturated rings. The highest BCUT2D eigenvalue weighted by molar-refractivity contribution is 5.79. The van der Waals surface area contributed by atoms with E-state index in [0.29, 0.717) is 45.0 Å². The normalized spacial score (nSPS) is 28.9. The number of halogens is 3. The van der Waals surface area contributed by atoms with Crippen LogP contribution in [0.3, 0.4) is 0 Å². The summed E-state index contributed by atoms with van der Waals surface area (Å²) in [6.45, 7) is 2.58. The monoisotopic (exact) mass is 453 g/mol. The van der Waals surface area contributed by atoms with E-state index in [1.807, 2.05) is 6.07 Å². The molecule has 1 N–H and O–H groups in total. The summed E-state index contributed by atoms with van der Waals surface area (Å²) in [5, 5.41) is 2.90. The summed E-state index contributed by atoms with van der Waals surface area (Å²) >= 11 is 0. The zero-order chi connectivity index (χ0) is 22.5. The van der Waals surface area contributed by atoms with Crippen molar-refractivity contribution in [1.29, 1.82) is 0 Å². The molecular formula is C21H26F3N5O3. The number of hydrogen-bond donors (Lipinski definition) is 1. The number of nitrogens with zero attached hydrogens (tertiary/aromatic N) is 4. The lowest BCUT2D eigenvalue weighted by Crippen LogP contribution is -2.63. The Morgan fingerprint density at radius 3 is 2.59 bits per heavy atom. The number of urea groups is 1. The number of aromatic nitrogens is 1. The van der Waals surface area contributed by atoms with E-state index in [0.717, 1.165) is 5.56 Å². The fraction of sp³-hybridized carbons (Fsp3) is 0.667. The molecule has 1 aromatic rings. The van der Waals surface area contributed by atoms with Crippen LogP contribution in [0, 0.1) is 5.92 Å². The van der Waals surface area contributed by atoms with Gasteiger partial charge in [-0.1, -0.05) is 6.07 Å². The quantitative estimate of drug-likeness (QED) is 0.736. The van der Waals surface area contributed by atoms with Crippen molar-refractivity contribution in [2.75, 3.05) is 50.8 Å². The molecule has 5 heterocycles. The van der Waals surface area contributed by atoms with Crippen LogP contribution < -0.4 is 10.2 Å². The van der Waals surface area contributed by atoms with Crippen LogP contribution >= 0.6 is 0 Å². The van der Waals surface area contributed by atoms with Gasteiger partial charge in [-0.2, -0.15) is 13.2 Å². The average Bonchev–Trinajstić information content (AvgIpc) is 3.23. The second-order valence-corrected chi connectivity index (χ2v) is 9.07. The maximum Gasteiger partial charge on any atom is 0.393 e. The van der Waals surface area contributed by atoms with Crippen LogP contribution in [0.5, 0.6) is 0 Å². The molecule has 1 aromatic heterocycles. The number of piperidine rings is 1. The van der Waals surface area contributed by atoms with Crippen molar-refractivity contribution < 1.29 is 27.5 Å². The zero-order valence-electron chi connectivity index (χ0n) is 17.6. The first kappa shape index (κ1) is 21.3. The molecule has 0 aliphatic carbocycles. The molecule has 0 radical (unpaired) electrons. The van der Waals surface area contributed by atoms with Gasteiger partial charge in [0.2, 0.25) is 5.91 Å². The summed E-state index contributed by atoms with van der Waals surface area (Å²) in [7, 11) is 0. The number of pyridine rings is 1. The Hall–Kier alpha value is -2.56. The van der Waals surface area contributed by atoms with Gasteiger partial charge in [0.1, 0.15) is 12.4 Å². The lowest BCUT2D eigenvalue weighted by Gasteiger charge is -2.46. The van der Waals surface area contributed by atoms with Gasteiger partial charge in [-0.3, -0.25) is 4.79 Å². The Morgan fingerprint density at radius 2 is 1.91 bits per heavy atom. The number of amides is 3.